The maximum absolute atomic E-state index is 12.0. The van der Waals surface area contributed by atoms with Crippen LogP contribution in [-0.2, 0) is 11.3 Å². The number of benzene rings is 1. The number of hydrogen-bond donors (Lipinski definition) is 2. The number of aromatic nitrogens is 1. The lowest BCUT2D eigenvalue weighted by atomic mass is 10.1. The number of nitrogen functional groups attached to an aromatic ring is 1. The number of nitrogens with one attached hydrogen (secondary N) is 1. The van der Waals surface area contributed by atoms with E-state index in [1.54, 1.807) is 31.4 Å². The minimum Gasteiger partial charge on any atom is -0.398 e. The largest absolute Gasteiger partial charge is 0.398 e. The Morgan fingerprint density at radius 3 is 3.05 bits per heavy atom. The molecule has 0 saturated heterocycles. The van der Waals surface area contributed by atoms with Crippen LogP contribution >= 0.6 is 0 Å². The molecule has 3 N–H and O–H groups in total. The maximum atomic E-state index is 12.0. The molecule has 1 heterocycles. The van der Waals surface area contributed by atoms with Gasteiger partial charge in [-0.2, -0.15) is 0 Å². The second kappa shape index (κ2) is 5.53. The molecule has 0 saturated carbocycles. The second-order valence-corrected chi connectivity index (χ2v) is 4.09. The summed E-state index contributed by atoms with van der Waals surface area (Å²) in [6.45, 7) is 2.11. The lowest BCUT2D eigenvalue weighted by Gasteiger charge is -2.08. The van der Waals surface area contributed by atoms with Crippen LogP contribution in [0.4, 0.5) is 11.4 Å². The molecule has 2 aromatic rings. The standard InChI is InChI=1S/C13H15N3O3/c1-8-10(14)4-3-5-11(8)15-13(17)12-6-9(7-18-2)19-16-12/h3-6H,7,14H2,1-2H3,(H,15,17). The number of carbonyl (C=O) groups is 1. The summed E-state index contributed by atoms with van der Waals surface area (Å²) in [5, 5.41) is 6.43. The molecule has 1 amide bonds. The van der Waals surface area contributed by atoms with E-state index in [2.05, 4.69) is 10.5 Å². The van der Waals surface area contributed by atoms with Gasteiger partial charge in [-0.1, -0.05) is 11.2 Å². The van der Waals surface area contributed by atoms with Gasteiger partial charge in [0.2, 0.25) is 0 Å². The molecular weight excluding hydrogens is 246 g/mol. The van der Waals surface area contributed by atoms with E-state index in [4.69, 9.17) is 15.0 Å². The highest BCUT2D eigenvalue weighted by atomic mass is 16.5. The highest BCUT2D eigenvalue weighted by Crippen LogP contribution is 2.21. The first-order valence-electron chi connectivity index (χ1n) is 5.72. The highest BCUT2D eigenvalue weighted by molar-refractivity contribution is 6.03. The Bertz CT molecular complexity index is 593. The van der Waals surface area contributed by atoms with Crippen molar-refractivity contribution < 1.29 is 14.1 Å². The topological polar surface area (TPSA) is 90.4 Å². The molecule has 0 aliphatic rings. The van der Waals surface area contributed by atoms with Gasteiger partial charge in [-0.3, -0.25) is 4.79 Å². The van der Waals surface area contributed by atoms with Gasteiger partial charge in [0.25, 0.3) is 5.91 Å². The molecule has 0 atom stereocenters. The number of nitrogens with zero attached hydrogens (tertiary/aromatic N) is 1. The van der Waals surface area contributed by atoms with Crippen LogP contribution < -0.4 is 11.1 Å². The van der Waals surface area contributed by atoms with Gasteiger partial charge in [-0.05, 0) is 24.6 Å². The van der Waals surface area contributed by atoms with Gasteiger partial charge in [0.1, 0.15) is 6.61 Å². The van der Waals surface area contributed by atoms with Crippen LogP contribution in [0.5, 0.6) is 0 Å². The van der Waals surface area contributed by atoms with Crippen LogP contribution in [-0.4, -0.2) is 18.2 Å². The van der Waals surface area contributed by atoms with Crippen LogP contribution in [0.25, 0.3) is 0 Å². The Morgan fingerprint density at radius 2 is 2.32 bits per heavy atom. The van der Waals surface area contributed by atoms with Crippen molar-refractivity contribution >= 4 is 17.3 Å². The molecule has 6 nitrogen and oxygen atoms in total. The molecule has 19 heavy (non-hydrogen) atoms. The molecule has 1 aromatic heterocycles. The number of ether oxygens (including phenoxy) is 1. The van der Waals surface area contributed by atoms with Crippen molar-refractivity contribution in [2.45, 2.75) is 13.5 Å². The van der Waals surface area contributed by atoms with Crippen molar-refractivity contribution in [3.8, 4) is 0 Å². The number of carbonyl (C=O) groups excluding carboxylic acids is 1. The molecule has 0 fully saturated rings. The lowest BCUT2D eigenvalue weighted by molar-refractivity contribution is 0.101. The second-order valence-electron chi connectivity index (χ2n) is 4.09. The number of rotatable bonds is 4. The van der Waals surface area contributed by atoms with Crippen molar-refractivity contribution in [2.24, 2.45) is 0 Å². The fourth-order valence-corrected chi connectivity index (χ4v) is 1.61. The van der Waals surface area contributed by atoms with E-state index in [1.807, 2.05) is 6.92 Å². The van der Waals surface area contributed by atoms with Gasteiger partial charge in [-0.25, -0.2) is 0 Å². The number of hydrogen-bond acceptors (Lipinski definition) is 5. The Labute approximate surface area is 110 Å². The zero-order chi connectivity index (χ0) is 13.8. The summed E-state index contributed by atoms with van der Waals surface area (Å²) in [5.74, 6) is 0.150. The summed E-state index contributed by atoms with van der Waals surface area (Å²) in [6.07, 6.45) is 0. The third kappa shape index (κ3) is 2.92. The minimum absolute atomic E-state index is 0.203. The van der Waals surface area contributed by atoms with Crippen molar-refractivity contribution in [3.05, 3.63) is 41.3 Å². The summed E-state index contributed by atoms with van der Waals surface area (Å²) >= 11 is 0. The van der Waals surface area contributed by atoms with Gasteiger partial charge < -0.3 is 20.3 Å². The molecule has 0 spiro atoms. The minimum atomic E-state index is -0.347. The van der Waals surface area contributed by atoms with Gasteiger partial charge in [0.05, 0.1) is 0 Å². The first-order valence-corrected chi connectivity index (χ1v) is 5.72. The van der Waals surface area contributed by atoms with E-state index in [0.29, 0.717) is 17.1 Å². The van der Waals surface area contributed by atoms with E-state index in [-0.39, 0.29) is 18.2 Å². The summed E-state index contributed by atoms with van der Waals surface area (Å²) in [7, 11) is 1.54. The monoisotopic (exact) mass is 261 g/mol. The lowest BCUT2D eigenvalue weighted by Crippen LogP contribution is -2.13. The number of nitrogens with two attached hydrogens (primary N) is 1. The molecule has 0 aliphatic heterocycles. The Hall–Kier alpha value is -2.34. The van der Waals surface area contributed by atoms with Crippen LogP contribution in [0.1, 0.15) is 21.8 Å². The SMILES string of the molecule is COCc1cc(C(=O)Nc2cccc(N)c2C)no1. The fraction of sp³-hybridized carbons (Fsp3) is 0.231. The average molecular weight is 261 g/mol. The summed E-state index contributed by atoms with van der Waals surface area (Å²) in [6, 6.07) is 6.87. The van der Waals surface area contributed by atoms with E-state index in [1.165, 1.54) is 0 Å². The Morgan fingerprint density at radius 1 is 1.53 bits per heavy atom. The molecule has 6 heteroatoms. The molecular formula is C13H15N3O3. The van der Waals surface area contributed by atoms with Crippen LogP contribution in [0.15, 0.2) is 28.8 Å². The van der Waals surface area contributed by atoms with Gasteiger partial charge in [0.15, 0.2) is 11.5 Å². The van der Waals surface area contributed by atoms with E-state index in [0.717, 1.165) is 5.56 Å². The smallest absolute Gasteiger partial charge is 0.277 e. The number of amides is 1. The normalized spacial score (nSPS) is 10.4. The molecule has 0 radical (unpaired) electrons. The predicted octanol–water partition coefficient (Wildman–Crippen LogP) is 1.96. The third-order valence-electron chi connectivity index (χ3n) is 2.70. The first kappa shape index (κ1) is 13.1. The van der Waals surface area contributed by atoms with Crippen LogP contribution in [0.3, 0.4) is 0 Å². The highest BCUT2D eigenvalue weighted by Gasteiger charge is 2.14. The third-order valence-corrected chi connectivity index (χ3v) is 2.70. The summed E-state index contributed by atoms with van der Waals surface area (Å²) in [5.41, 5.74) is 8.07. The van der Waals surface area contributed by atoms with E-state index >= 15 is 0 Å². The van der Waals surface area contributed by atoms with E-state index < -0.39 is 0 Å². The molecule has 2 rings (SSSR count). The molecule has 0 bridgehead atoms. The maximum Gasteiger partial charge on any atom is 0.277 e. The van der Waals surface area contributed by atoms with Crippen molar-refractivity contribution in [1.29, 1.82) is 0 Å². The first-order chi connectivity index (χ1) is 9.11. The zero-order valence-corrected chi connectivity index (χ0v) is 10.8. The molecule has 0 unspecified atom stereocenters. The predicted molar refractivity (Wildman–Crippen MR) is 70.8 cm³/mol. The molecule has 1 aromatic carbocycles. The van der Waals surface area contributed by atoms with Gasteiger partial charge in [-0.15, -0.1) is 0 Å². The number of anilines is 2. The Kier molecular flexibility index (Phi) is 3.82. The van der Waals surface area contributed by atoms with Crippen molar-refractivity contribution in [3.63, 3.8) is 0 Å². The average Bonchev–Trinajstić information content (AvgIpc) is 2.84. The quantitative estimate of drug-likeness (QED) is 0.821. The van der Waals surface area contributed by atoms with Crippen molar-refractivity contribution in [2.75, 3.05) is 18.2 Å². The zero-order valence-electron chi connectivity index (χ0n) is 10.8. The fourth-order valence-electron chi connectivity index (χ4n) is 1.61. The summed E-state index contributed by atoms with van der Waals surface area (Å²) in [4.78, 5) is 12.0. The molecule has 100 valence electrons. The van der Waals surface area contributed by atoms with Crippen LogP contribution in [0.2, 0.25) is 0 Å². The number of methoxy groups -OCH3 is 1. The van der Waals surface area contributed by atoms with Crippen molar-refractivity contribution in [1.82, 2.24) is 5.16 Å². The van der Waals surface area contributed by atoms with Crippen LogP contribution in [0, 0.1) is 6.92 Å². The summed E-state index contributed by atoms with van der Waals surface area (Å²) < 4.78 is 9.85. The van der Waals surface area contributed by atoms with Gasteiger partial charge >= 0.3 is 0 Å². The Balaban J connectivity index is 2.14. The van der Waals surface area contributed by atoms with Gasteiger partial charge in [0, 0.05) is 24.6 Å². The molecule has 0 aliphatic carbocycles. The van der Waals surface area contributed by atoms with E-state index in [9.17, 15) is 4.79 Å².